The molecule has 0 unspecified atom stereocenters. The van der Waals surface area contributed by atoms with E-state index in [0.717, 1.165) is 23.8 Å². The summed E-state index contributed by atoms with van der Waals surface area (Å²) >= 11 is 0. The first-order valence-electron chi connectivity index (χ1n) is 9.01. The fourth-order valence-corrected chi connectivity index (χ4v) is 2.62. The number of nitrogens with one attached hydrogen (secondary N) is 2. The Bertz CT molecular complexity index is 836. The molecule has 0 bridgehead atoms. The second-order valence-corrected chi connectivity index (χ2v) is 6.05. The molecule has 0 aliphatic heterocycles. The number of guanidine groups is 1. The normalized spacial score (nSPS) is 10.8. The van der Waals surface area contributed by atoms with Crippen LogP contribution in [0.4, 0.5) is 0 Å². The second-order valence-electron chi connectivity index (χ2n) is 6.05. The van der Waals surface area contributed by atoms with E-state index in [4.69, 9.17) is 4.74 Å². The number of nitrogens with zero attached hydrogens (tertiary/aromatic N) is 3. The van der Waals surface area contributed by atoms with Crippen LogP contribution < -0.4 is 15.4 Å². The Kier molecular flexibility index (Phi) is 9.33. The van der Waals surface area contributed by atoms with Gasteiger partial charge in [0.1, 0.15) is 12.4 Å². The van der Waals surface area contributed by atoms with Crippen LogP contribution in [0.15, 0.2) is 78.0 Å². The van der Waals surface area contributed by atoms with Crippen molar-refractivity contribution in [3.63, 3.8) is 0 Å². The van der Waals surface area contributed by atoms with Crippen LogP contribution in [-0.4, -0.2) is 35.9 Å². The van der Waals surface area contributed by atoms with Gasteiger partial charge in [-0.3, -0.25) is 9.67 Å². The smallest absolute Gasteiger partial charge is 0.191 e. The third-order valence-corrected chi connectivity index (χ3v) is 3.96. The predicted octanol–water partition coefficient (Wildman–Crippen LogP) is 3.29. The molecule has 6 nitrogen and oxygen atoms in total. The fourth-order valence-electron chi connectivity index (χ4n) is 2.62. The minimum atomic E-state index is 0. The van der Waals surface area contributed by atoms with Crippen molar-refractivity contribution in [2.75, 3.05) is 20.2 Å². The highest BCUT2D eigenvalue weighted by Gasteiger charge is 2.02. The molecule has 0 saturated carbocycles. The number of ether oxygens (including phenoxy) is 1. The molecule has 0 spiro atoms. The van der Waals surface area contributed by atoms with Gasteiger partial charge in [0.25, 0.3) is 0 Å². The van der Waals surface area contributed by atoms with Crippen LogP contribution in [0.1, 0.15) is 11.1 Å². The quantitative estimate of drug-likeness (QED) is 0.220. The number of halogens is 1. The van der Waals surface area contributed by atoms with Crippen molar-refractivity contribution in [2.45, 2.75) is 13.1 Å². The van der Waals surface area contributed by atoms with Crippen LogP contribution in [0.25, 0.3) is 0 Å². The molecule has 0 atom stereocenters. The van der Waals surface area contributed by atoms with Gasteiger partial charge < -0.3 is 15.4 Å². The Morgan fingerprint density at radius 1 is 1.00 bits per heavy atom. The summed E-state index contributed by atoms with van der Waals surface area (Å²) in [6.07, 6.45) is 3.92. The standard InChI is InChI=1S/C21H25N5O.HI/c1-22-21(23-12-13-27-20-10-6-3-7-11-20)24-14-19-15-25-26(17-19)16-18-8-4-2-5-9-18;/h2-11,15,17H,12-14,16H2,1H3,(H2,22,23,24);1H. The highest BCUT2D eigenvalue weighted by molar-refractivity contribution is 14.0. The Morgan fingerprint density at radius 3 is 2.43 bits per heavy atom. The van der Waals surface area contributed by atoms with E-state index in [-0.39, 0.29) is 24.0 Å². The molecule has 0 aliphatic carbocycles. The molecule has 2 N–H and O–H groups in total. The molecule has 0 fully saturated rings. The van der Waals surface area contributed by atoms with E-state index >= 15 is 0 Å². The van der Waals surface area contributed by atoms with Gasteiger partial charge >= 0.3 is 0 Å². The maximum atomic E-state index is 5.66. The van der Waals surface area contributed by atoms with Gasteiger partial charge in [0.2, 0.25) is 0 Å². The average Bonchev–Trinajstić information content (AvgIpc) is 3.16. The lowest BCUT2D eigenvalue weighted by molar-refractivity contribution is 0.322. The summed E-state index contributed by atoms with van der Waals surface area (Å²) in [6, 6.07) is 20.1. The number of aromatic nitrogens is 2. The monoisotopic (exact) mass is 491 g/mol. The molecular weight excluding hydrogens is 465 g/mol. The molecule has 7 heteroatoms. The molecule has 0 radical (unpaired) electrons. The van der Waals surface area contributed by atoms with Crippen molar-refractivity contribution in [3.05, 3.63) is 84.2 Å². The van der Waals surface area contributed by atoms with E-state index in [2.05, 4.69) is 32.9 Å². The summed E-state index contributed by atoms with van der Waals surface area (Å²) in [4.78, 5) is 4.23. The summed E-state index contributed by atoms with van der Waals surface area (Å²) in [5, 5.41) is 11.0. The zero-order valence-electron chi connectivity index (χ0n) is 15.9. The van der Waals surface area contributed by atoms with Crippen LogP contribution in [0.5, 0.6) is 5.75 Å². The van der Waals surface area contributed by atoms with Crippen molar-refractivity contribution in [1.29, 1.82) is 0 Å². The molecular formula is C21H26IN5O. The maximum absolute atomic E-state index is 5.66. The van der Waals surface area contributed by atoms with Gasteiger partial charge in [-0.25, -0.2) is 0 Å². The van der Waals surface area contributed by atoms with Gasteiger partial charge in [-0.1, -0.05) is 48.5 Å². The van der Waals surface area contributed by atoms with Crippen molar-refractivity contribution in [1.82, 2.24) is 20.4 Å². The maximum Gasteiger partial charge on any atom is 0.191 e. The first-order valence-corrected chi connectivity index (χ1v) is 9.01. The Balaban J connectivity index is 0.00000280. The highest BCUT2D eigenvalue weighted by atomic mass is 127. The van der Waals surface area contributed by atoms with Crippen LogP contribution in [0.2, 0.25) is 0 Å². The Labute approximate surface area is 183 Å². The molecule has 3 rings (SSSR count). The minimum absolute atomic E-state index is 0. The van der Waals surface area contributed by atoms with Crippen molar-refractivity contribution in [2.24, 2.45) is 4.99 Å². The largest absolute Gasteiger partial charge is 0.492 e. The number of para-hydroxylation sites is 1. The van der Waals surface area contributed by atoms with Gasteiger partial charge in [0.05, 0.1) is 19.3 Å². The molecule has 0 amide bonds. The number of benzene rings is 2. The van der Waals surface area contributed by atoms with Gasteiger partial charge in [-0.2, -0.15) is 5.10 Å². The van der Waals surface area contributed by atoms with Crippen LogP contribution in [-0.2, 0) is 13.1 Å². The third-order valence-electron chi connectivity index (χ3n) is 3.96. The lowest BCUT2D eigenvalue weighted by Crippen LogP contribution is -2.38. The minimum Gasteiger partial charge on any atom is -0.492 e. The van der Waals surface area contributed by atoms with E-state index in [1.165, 1.54) is 5.56 Å². The lowest BCUT2D eigenvalue weighted by atomic mass is 10.2. The van der Waals surface area contributed by atoms with Gasteiger partial charge in [0.15, 0.2) is 5.96 Å². The average molecular weight is 491 g/mol. The van der Waals surface area contributed by atoms with Gasteiger partial charge in [-0.05, 0) is 17.7 Å². The van der Waals surface area contributed by atoms with Crippen molar-refractivity contribution >= 4 is 29.9 Å². The summed E-state index contributed by atoms with van der Waals surface area (Å²) in [7, 11) is 1.76. The lowest BCUT2D eigenvalue weighted by Gasteiger charge is -2.12. The van der Waals surface area contributed by atoms with Gasteiger partial charge in [0, 0.05) is 25.4 Å². The van der Waals surface area contributed by atoms with Gasteiger partial charge in [-0.15, -0.1) is 24.0 Å². The van der Waals surface area contributed by atoms with E-state index in [1.54, 1.807) is 7.05 Å². The topological polar surface area (TPSA) is 63.5 Å². The molecule has 1 aromatic heterocycles. The Morgan fingerprint density at radius 2 is 1.71 bits per heavy atom. The number of hydrogen-bond acceptors (Lipinski definition) is 3. The van der Waals surface area contributed by atoms with Crippen molar-refractivity contribution < 1.29 is 4.74 Å². The third kappa shape index (κ3) is 7.22. The predicted molar refractivity (Wildman–Crippen MR) is 123 cm³/mol. The molecule has 0 aliphatic rings. The molecule has 28 heavy (non-hydrogen) atoms. The summed E-state index contributed by atoms with van der Waals surface area (Å²) in [6.45, 7) is 2.67. The molecule has 148 valence electrons. The van der Waals surface area contributed by atoms with Crippen molar-refractivity contribution in [3.8, 4) is 5.75 Å². The van der Waals surface area contributed by atoms with E-state index in [0.29, 0.717) is 19.7 Å². The summed E-state index contributed by atoms with van der Waals surface area (Å²) in [5.74, 6) is 1.61. The zero-order chi connectivity index (χ0) is 18.7. The number of aliphatic imine (C=N–C) groups is 1. The van der Waals surface area contributed by atoms with Crippen LogP contribution in [0, 0.1) is 0 Å². The second kappa shape index (κ2) is 12.0. The fraction of sp³-hybridized carbons (Fsp3) is 0.238. The molecule has 0 saturated heterocycles. The van der Waals surface area contributed by atoms with E-state index < -0.39 is 0 Å². The molecule has 3 aromatic rings. The molecule has 1 heterocycles. The van der Waals surface area contributed by atoms with E-state index in [1.807, 2.05) is 65.6 Å². The van der Waals surface area contributed by atoms with Crippen LogP contribution in [0.3, 0.4) is 0 Å². The zero-order valence-corrected chi connectivity index (χ0v) is 18.2. The Hall–Kier alpha value is -2.55. The summed E-state index contributed by atoms with van der Waals surface area (Å²) < 4.78 is 7.61. The molecule has 2 aromatic carbocycles. The highest BCUT2D eigenvalue weighted by Crippen LogP contribution is 2.07. The number of hydrogen-bond donors (Lipinski definition) is 2. The SMILES string of the molecule is CN=C(NCCOc1ccccc1)NCc1cnn(Cc2ccccc2)c1.I. The summed E-state index contributed by atoms with van der Waals surface area (Å²) in [5.41, 5.74) is 2.34. The van der Waals surface area contributed by atoms with E-state index in [9.17, 15) is 0 Å². The number of rotatable bonds is 8. The first-order chi connectivity index (χ1) is 13.3. The van der Waals surface area contributed by atoms with Crippen LogP contribution >= 0.6 is 24.0 Å². The first kappa shape index (κ1) is 21.7.